The molecule has 1 aliphatic heterocycles. The van der Waals surface area contributed by atoms with Gasteiger partial charge in [-0.15, -0.1) is 0 Å². The average Bonchev–Trinajstić information content (AvgIpc) is 3.04. The van der Waals surface area contributed by atoms with E-state index in [1.165, 1.54) is 5.56 Å². The number of nitrogens with zero attached hydrogens (tertiary/aromatic N) is 4. The predicted octanol–water partition coefficient (Wildman–Crippen LogP) is 2.86. The van der Waals surface area contributed by atoms with Crippen LogP contribution in [0.15, 0.2) is 30.3 Å². The van der Waals surface area contributed by atoms with Crippen molar-refractivity contribution in [2.45, 2.75) is 32.9 Å². The van der Waals surface area contributed by atoms with Crippen molar-refractivity contribution in [3.05, 3.63) is 57.4 Å². The molecule has 1 fully saturated rings. The van der Waals surface area contributed by atoms with Crippen molar-refractivity contribution in [1.82, 2.24) is 14.7 Å². The van der Waals surface area contributed by atoms with Crippen LogP contribution < -0.4 is 0 Å². The monoisotopic (exact) mass is 300 g/mol. The zero-order valence-corrected chi connectivity index (χ0v) is 12.9. The topological polar surface area (TPSA) is 64.2 Å². The van der Waals surface area contributed by atoms with E-state index in [0.717, 1.165) is 26.1 Å². The van der Waals surface area contributed by atoms with Crippen LogP contribution in [0.1, 0.15) is 29.4 Å². The Morgan fingerprint density at radius 1 is 1.32 bits per heavy atom. The minimum atomic E-state index is -0.329. The highest BCUT2D eigenvalue weighted by atomic mass is 16.6. The number of aryl methyl sites for hydroxylation is 1. The van der Waals surface area contributed by atoms with Crippen LogP contribution in [0.2, 0.25) is 0 Å². The maximum absolute atomic E-state index is 11.1. The number of nitro groups is 1. The summed E-state index contributed by atoms with van der Waals surface area (Å²) < 4.78 is 1.85. The molecule has 0 spiro atoms. The molecule has 0 aliphatic carbocycles. The first-order valence-corrected chi connectivity index (χ1v) is 7.52. The Kier molecular flexibility index (Phi) is 3.94. The van der Waals surface area contributed by atoms with Crippen molar-refractivity contribution < 1.29 is 4.92 Å². The first-order valence-electron chi connectivity index (χ1n) is 7.52. The minimum absolute atomic E-state index is 0.154. The van der Waals surface area contributed by atoms with Gasteiger partial charge >= 0.3 is 5.69 Å². The third kappa shape index (κ3) is 2.74. The Morgan fingerprint density at radius 2 is 2.05 bits per heavy atom. The molecule has 0 amide bonds. The molecule has 1 aliphatic rings. The average molecular weight is 300 g/mol. The molecule has 0 N–H and O–H groups in total. The summed E-state index contributed by atoms with van der Waals surface area (Å²) in [7, 11) is 0. The SMILES string of the molecule is Cc1nn([C@H]2CCN(Cc3ccccc3)C2)c(C)c1[N+](=O)[O-]. The van der Waals surface area contributed by atoms with E-state index in [2.05, 4.69) is 22.1 Å². The normalized spacial score (nSPS) is 18.7. The molecule has 6 nitrogen and oxygen atoms in total. The van der Waals surface area contributed by atoms with Gasteiger partial charge in [0.15, 0.2) is 0 Å². The summed E-state index contributed by atoms with van der Waals surface area (Å²) in [6, 6.07) is 10.6. The Hall–Kier alpha value is -2.21. The van der Waals surface area contributed by atoms with E-state index in [0.29, 0.717) is 11.4 Å². The molecular formula is C16H20N4O2. The fourth-order valence-electron chi connectivity index (χ4n) is 3.27. The Labute approximate surface area is 129 Å². The largest absolute Gasteiger partial charge is 0.312 e. The van der Waals surface area contributed by atoms with Crippen LogP contribution in [0.4, 0.5) is 5.69 Å². The van der Waals surface area contributed by atoms with E-state index < -0.39 is 0 Å². The van der Waals surface area contributed by atoms with Crippen molar-refractivity contribution in [1.29, 1.82) is 0 Å². The van der Waals surface area contributed by atoms with Gasteiger partial charge in [0, 0.05) is 19.6 Å². The van der Waals surface area contributed by atoms with Crippen LogP contribution in [0, 0.1) is 24.0 Å². The molecule has 1 atom stereocenters. The summed E-state index contributed by atoms with van der Waals surface area (Å²) in [6.07, 6.45) is 0.978. The molecular weight excluding hydrogens is 280 g/mol. The number of likely N-dealkylation sites (tertiary alicyclic amines) is 1. The third-order valence-electron chi connectivity index (χ3n) is 4.31. The molecule has 1 aromatic carbocycles. The van der Waals surface area contributed by atoms with Crippen LogP contribution in [0.3, 0.4) is 0 Å². The smallest absolute Gasteiger partial charge is 0.297 e. The highest BCUT2D eigenvalue weighted by Gasteiger charge is 2.30. The highest BCUT2D eigenvalue weighted by molar-refractivity contribution is 5.39. The number of aromatic nitrogens is 2. The van der Waals surface area contributed by atoms with E-state index >= 15 is 0 Å². The fourth-order valence-corrected chi connectivity index (χ4v) is 3.27. The molecule has 0 radical (unpaired) electrons. The second-order valence-corrected chi connectivity index (χ2v) is 5.88. The van der Waals surface area contributed by atoms with Crippen LogP contribution >= 0.6 is 0 Å². The maximum Gasteiger partial charge on any atom is 0.312 e. The number of rotatable bonds is 4. The highest BCUT2D eigenvalue weighted by Crippen LogP contribution is 2.29. The van der Waals surface area contributed by atoms with Crippen molar-refractivity contribution in [2.75, 3.05) is 13.1 Å². The summed E-state index contributed by atoms with van der Waals surface area (Å²) in [5.41, 5.74) is 2.61. The standard InChI is InChI=1S/C16H20N4O2/c1-12-16(20(21)22)13(2)19(17-12)15-8-9-18(11-15)10-14-6-4-3-5-7-14/h3-7,15H,8-11H2,1-2H3/t15-/m0/s1. The molecule has 6 heteroatoms. The molecule has 116 valence electrons. The number of hydrogen-bond acceptors (Lipinski definition) is 4. The van der Waals surface area contributed by atoms with Crippen molar-refractivity contribution in [3.63, 3.8) is 0 Å². The fraction of sp³-hybridized carbons (Fsp3) is 0.438. The van der Waals surface area contributed by atoms with E-state index in [1.54, 1.807) is 13.8 Å². The summed E-state index contributed by atoms with van der Waals surface area (Å²) in [5.74, 6) is 0. The Balaban J connectivity index is 1.73. The molecule has 22 heavy (non-hydrogen) atoms. The lowest BCUT2D eigenvalue weighted by molar-refractivity contribution is -0.386. The zero-order chi connectivity index (χ0) is 15.7. The molecule has 2 aromatic rings. The van der Waals surface area contributed by atoms with Gasteiger partial charge in [-0.3, -0.25) is 19.7 Å². The van der Waals surface area contributed by atoms with Crippen LogP contribution in [-0.4, -0.2) is 32.7 Å². The first kappa shape index (κ1) is 14.7. The van der Waals surface area contributed by atoms with Crippen molar-refractivity contribution in [2.24, 2.45) is 0 Å². The molecule has 1 saturated heterocycles. The zero-order valence-electron chi connectivity index (χ0n) is 12.9. The summed E-state index contributed by atoms with van der Waals surface area (Å²) in [5, 5.41) is 15.5. The lowest BCUT2D eigenvalue weighted by Crippen LogP contribution is -2.22. The Morgan fingerprint density at radius 3 is 2.68 bits per heavy atom. The number of benzene rings is 1. The van der Waals surface area contributed by atoms with Gasteiger partial charge in [0.25, 0.3) is 0 Å². The summed E-state index contributed by atoms with van der Waals surface area (Å²) in [4.78, 5) is 13.2. The summed E-state index contributed by atoms with van der Waals surface area (Å²) in [6.45, 7) is 6.29. The molecule has 0 unspecified atom stereocenters. The second kappa shape index (κ2) is 5.88. The van der Waals surface area contributed by atoms with Gasteiger partial charge in [0.2, 0.25) is 0 Å². The number of hydrogen-bond donors (Lipinski definition) is 0. The third-order valence-corrected chi connectivity index (χ3v) is 4.31. The van der Waals surface area contributed by atoms with E-state index in [9.17, 15) is 10.1 Å². The van der Waals surface area contributed by atoms with E-state index in [4.69, 9.17) is 0 Å². The van der Waals surface area contributed by atoms with Gasteiger partial charge in [0.05, 0.1) is 11.0 Å². The predicted molar refractivity (Wildman–Crippen MR) is 83.7 cm³/mol. The van der Waals surface area contributed by atoms with Crippen LogP contribution in [0.5, 0.6) is 0 Å². The van der Waals surface area contributed by atoms with Gasteiger partial charge in [-0.1, -0.05) is 30.3 Å². The van der Waals surface area contributed by atoms with Crippen molar-refractivity contribution in [3.8, 4) is 0 Å². The van der Waals surface area contributed by atoms with Gasteiger partial charge in [-0.2, -0.15) is 5.10 Å². The van der Waals surface area contributed by atoms with Gasteiger partial charge in [-0.05, 0) is 25.8 Å². The van der Waals surface area contributed by atoms with Crippen molar-refractivity contribution >= 4 is 5.69 Å². The molecule has 1 aromatic heterocycles. The minimum Gasteiger partial charge on any atom is -0.297 e. The maximum atomic E-state index is 11.1. The van der Waals surface area contributed by atoms with Gasteiger partial charge < -0.3 is 0 Å². The van der Waals surface area contributed by atoms with E-state index in [1.807, 2.05) is 22.9 Å². The molecule has 3 rings (SSSR count). The Bertz CT molecular complexity index is 681. The van der Waals surface area contributed by atoms with Crippen LogP contribution in [-0.2, 0) is 6.54 Å². The van der Waals surface area contributed by atoms with Crippen LogP contribution in [0.25, 0.3) is 0 Å². The second-order valence-electron chi connectivity index (χ2n) is 5.88. The first-order chi connectivity index (χ1) is 10.6. The quantitative estimate of drug-likeness (QED) is 0.643. The van der Waals surface area contributed by atoms with Gasteiger partial charge in [0.1, 0.15) is 11.4 Å². The van der Waals surface area contributed by atoms with E-state index in [-0.39, 0.29) is 16.7 Å². The summed E-state index contributed by atoms with van der Waals surface area (Å²) >= 11 is 0. The molecule has 0 bridgehead atoms. The lowest BCUT2D eigenvalue weighted by Gasteiger charge is -2.16. The lowest BCUT2D eigenvalue weighted by atomic mass is 10.2. The molecule has 2 heterocycles. The van der Waals surface area contributed by atoms with Gasteiger partial charge in [-0.25, -0.2) is 0 Å². The molecule has 0 saturated carbocycles.